The van der Waals surface area contributed by atoms with Gasteiger partial charge in [0, 0.05) is 12.3 Å². The lowest BCUT2D eigenvalue weighted by Crippen LogP contribution is -1.96. The fourth-order valence-electron chi connectivity index (χ4n) is 0.859. The fourth-order valence-corrected chi connectivity index (χ4v) is 0.984. The molecular weight excluding hydrogens is 220 g/mol. The van der Waals surface area contributed by atoms with Gasteiger partial charge in [0.1, 0.15) is 0 Å². The summed E-state index contributed by atoms with van der Waals surface area (Å²) < 4.78 is 9.39. The first-order valence-electron chi connectivity index (χ1n) is 4.00. The third-order valence-electron chi connectivity index (χ3n) is 1.54. The van der Waals surface area contributed by atoms with Crippen LogP contribution in [0.4, 0.5) is 0 Å². The van der Waals surface area contributed by atoms with Gasteiger partial charge in [-0.2, -0.15) is 4.98 Å². The molecule has 1 rings (SSSR count). The second kappa shape index (κ2) is 5.31. The number of carbonyl (C=O) groups excluding carboxylic acids is 1. The lowest BCUT2D eigenvalue weighted by Gasteiger charge is -2.02. The third kappa shape index (κ3) is 3.21. The maximum atomic E-state index is 10.8. The molecule has 0 aliphatic carbocycles. The molecule has 0 N–H and O–H groups in total. The SMILES string of the molecule is COC(=O)C=Cc1cnc(Cl)nc1OC. The number of esters is 1. The van der Waals surface area contributed by atoms with Crippen LogP contribution in [-0.2, 0) is 9.53 Å². The van der Waals surface area contributed by atoms with Crippen molar-refractivity contribution in [1.82, 2.24) is 9.97 Å². The van der Waals surface area contributed by atoms with Crippen molar-refractivity contribution in [3.05, 3.63) is 23.1 Å². The minimum absolute atomic E-state index is 0.0852. The number of nitrogens with zero attached hydrogens (tertiary/aromatic N) is 2. The molecule has 1 aromatic heterocycles. The van der Waals surface area contributed by atoms with Crippen molar-refractivity contribution in [2.75, 3.05) is 14.2 Å². The summed E-state index contributed by atoms with van der Waals surface area (Å²) in [5, 5.41) is 0.0852. The van der Waals surface area contributed by atoms with E-state index >= 15 is 0 Å². The van der Waals surface area contributed by atoms with Gasteiger partial charge < -0.3 is 9.47 Å². The van der Waals surface area contributed by atoms with Gasteiger partial charge in [-0.15, -0.1) is 0 Å². The number of rotatable bonds is 3. The molecule has 0 aliphatic rings. The van der Waals surface area contributed by atoms with Crippen LogP contribution in [0.3, 0.4) is 0 Å². The lowest BCUT2D eigenvalue weighted by atomic mass is 10.3. The molecule has 0 saturated heterocycles. The number of halogens is 1. The van der Waals surface area contributed by atoms with Crippen LogP contribution in [0.1, 0.15) is 5.56 Å². The van der Waals surface area contributed by atoms with Crippen molar-refractivity contribution >= 4 is 23.6 Å². The molecular formula is C9H9ClN2O3. The number of carbonyl (C=O) groups is 1. The Kier molecular flexibility index (Phi) is 4.05. The molecule has 5 nitrogen and oxygen atoms in total. The fraction of sp³-hybridized carbons (Fsp3) is 0.222. The Labute approximate surface area is 91.7 Å². The van der Waals surface area contributed by atoms with Gasteiger partial charge in [-0.05, 0) is 17.7 Å². The van der Waals surface area contributed by atoms with Crippen molar-refractivity contribution in [1.29, 1.82) is 0 Å². The maximum Gasteiger partial charge on any atom is 0.330 e. The molecule has 0 radical (unpaired) electrons. The van der Waals surface area contributed by atoms with Crippen molar-refractivity contribution < 1.29 is 14.3 Å². The van der Waals surface area contributed by atoms with Crippen LogP contribution in [0.2, 0.25) is 5.28 Å². The first-order valence-corrected chi connectivity index (χ1v) is 4.37. The van der Waals surface area contributed by atoms with Crippen molar-refractivity contribution in [2.24, 2.45) is 0 Å². The maximum absolute atomic E-state index is 10.8. The van der Waals surface area contributed by atoms with Gasteiger partial charge in [0.2, 0.25) is 11.2 Å². The van der Waals surface area contributed by atoms with Gasteiger partial charge in [0.25, 0.3) is 0 Å². The highest BCUT2D eigenvalue weighted by Gasteiger charge is 2.04. The molecule has 0 bridgehead atoms. The number of aromatic nitrogens is 2. The van der Waals surface area contributed by atoms with Crippen LogP contribution >= 0.6 is 11.6 Å². The summed E-state index contributed by atoms with van der Waals surface area (Å²) in [5.74, 6) is -0.165. The van der Waals surface area contributed by atoms with Gasteiger partial charge in [-0.3, -0.25) is 0 Å². The molecule has 1 aromatic rings. The summed E-state index contributed by atoms with van der Waals surface area (Å²) in [6, 6.07) is 0. The molecule has 6 heteroatoms. The standard InChI is InChI=1S/C9H9ClN2O3/c1-14-7(13)4-3-6-5-11-9(10)12-8(6)15-2/h3-5H,1-2H3. The summed E-state index contributed by atoms with van der Waals surface area (Å²) in [4.78, 5) is 18.4. The van der Waals surface area contributed by atoms with Gasteiger partial charge in [-0.1, -0.05) is 0 Å². The van der Waals surface area contributed by atoms with Crippen LogP contribution < -0.4 is 4.74 Å². The third-order valence-corrected chi connectivity index (χ3v) is 1.73. The van der Waals surface area contributed by atoms with Crippen molar-refractivity contribution in [2.45, 2.75) is 0 Å². The zero-order valence-corrected chi connectivity index (χ0v) is 8.99. The van der Waals surface area contributed by atoms with E-state index in [2.05, 4.69) is 14.7 Å². The summed E-state index contributed by atoms with van der Waals surface area (Å²) in [6.45, 7) is 0. The van der Waals surface area contributed by atoms with E-state index in [0.29, 0.717) is 11.4 Å². The molecule has 0 unspecified atom stereocenters. The molecule has 80 valence electrons. The predicted octanol–water partition coefficient (Wildman–Crippen LogP) is 1.32. The van der Waals surface area contributed by atoms with E-state index in [1.165, 1.54) is 32.6 Å². The number of hydrogen-bond donors (Lipinski definition) is 0. The van der Waals surface area contributed by atoms with Gasteiger partial charge in [-0.25, -0.2) is 9.78 Å². The molecule has 1 heterocycles. The van der Waals surface area contributed by atoms with E-state index in [0.717, 1.165) is 0 Å². The van der Waals surface area contributed by atoms with E-state index in [1.807, 2.05) is 0 Å². The minimum Gasteiger partial charge on any atom is -0.480 e. The Bertz CT molecular complexity index is 393. The zero-order valence-electron chi connectivity index (χ0n) is 8.23. The quantitative estimate of drug-likeness (QED) is 0.444. The van der Waals surface area contributed by atoms with Gasteiger partial charge in [0.05, 0.1) is 19.8 Å². The van der Waals surface area contributed by atoms with Crippen LogP contribution in [0, 0.1) is 0 Å². The molecule has 15 heavy (non-hydrogen) atoms. The van der Waals surface area contributed by atoms with Crippen LogP contribution in [-0.4, -0.2) is 30.2 Å². The summed E-state index contributed by atoms with van der Waals surface area (Å²) >= 11 is 5.57. The molecule has 0 aliphatic heterocycles. The normalized spacial score (nSPS) is 10.3. The van der Waals surface area contributed by atoms with E-state index < -0.39 is 5.97 Å². The number of methoxy groups -OCH3 is 2. The van der Waals surface area contributed by atoms with Crippen LogP contribution in [0.15, 0.2) is 12.3 Å². The highest BCUT2D eigenvalue weighted by Crippen LogP contribution is 2.17. The first-order chi connectivity index (χ1) is 7.17. The zero-order chi connectivity index (χ0) is 11.3. The van der Waals surface area contributed by atoms with Crippen molar-refractivity contribution in [3.63, 3.8) is 0 Å². The summed E-state index contributed by atoms with van der Waals surface area (Å²) in [6.07, 6.45) is 4.18. The Morgan fingerprint density at radius 1 is 1.53 bits per heavy atom. The second-order valence-electron chi connectivity index (χ2n) is 2.46. The first kappa shape index (κ1) is 11.5. The molecule has 0 atom stereocenters. The van der Waals surface area contributed by atoms with Crippen LogP contribution in [0.25, 0.3) is 6.08 Å². The van der Waals surface area contributed by atoms with E-state index in [4.69, 9.17) is 16.3 Å². The van der Waals surface area contributed by atoms with Gasteiger partial charge >= 0.3 is 5.97 Å². The highest BCUT2D eigenvalue weighted by molar-refractivity contribution is 6.28. The average Bonchev–Trinajstić information content (AvgIpc) is 2.26. The minimum atomic E-state index is -0.466. The molecule has 0 spiro atoms. The van der Waals surface area contributed by atoms with E-state index in [1.54, 1.807) is 0 Å². The van der Waals surface area contributed by atoms with E-state index in [-0.39, 0.29) is 5.28 Å². The van der Waals surface area contributed by atoms with Gasteiger partial charge in [0.15, 0.2) is 0 Å². The predicted molar refractivity (Wildman–Crippen MR) is 54.6 cm³/mol. The molecule has 0 saturated carbocycles. The Morgan fingerprint density at radius 3 is 2.87 bits per heavy atom. The summed E-state index contributed by atoms with van der Waals surface area (Å²) in [7, 11) is 2.75. The summed E-state index contributed by atoms with van der Waals surface area (Å²) in [5.41, 5.74) is 0.548. The molecule has 0 amide bonds. The van der Waals surface area contributed by atoms with Crippen molar-refractivity contribution in [3.8, 4) is 5.88 Å². The Hall–Kier alpha value is -1.62. The molecule has 0 aromatic carbocycles. The van der Waals surface area contributed by atoms with Crippen LogP contribution in [0.5, 0.6) is 5.88 Å². The lowest BCUT2D eigenvalue weighted by molar-refractivity contribution is -0.134. The Balaban J connectivity index is 2.94. The Morgan fingerprint density at radius 2 is 2.27 bits per heavy atom. The average molecular weight is 229 g/mol. The largest absolute Gasteiger partial charge is 0.480 e. The number of ether oxygens (including phenoxy) is 2. The topological polar surface area (TPSA) is 61.3 Å². The highest BCUT2D eigenvalue weighted by atomic mass is 35.5. The van der Waals surface area contributed by atoms with E-state index in [9.17, 15) is 4.79 Å². The second-order valence-corrected chi connectivity index (χ2v) is 2.80. The molecule has 0 fully saturated rings. The smallest absolute Gasteiger partial charge is 0.330 e. The monoisotopic (exact) mass is 228 g/mol. The number of hydrogen-bond acceptors (Lipinski definition) is 5.